The summed E-state index contributed by atoms with van der Waals surface area (Å²) in [7, 11) is 0. The molecule has 3 aliphatic rings. The van der Waals surface area contributed by atoms with Crippen LogP contribution in [0, 0.1) is 11.8 Å². The van der Waals surface area contributed by atoms with Gasteiger partial charge in [0.05, 0.1) is 5.60 Å². The van der Waals surface area contributed by atoms with E-state index in [9.17, 15) is 5.11 Å². The summed E-state index contributed by atoms with van der Waals surface area (Å²) < 4.78 is 0. The van der Waals surface area contributed by atoms with Crippen LogP contribution < -0.4 is 0 Å². The summed E-state index contributed by atoms with van der Waals surface area (Å²) in [4.78, 5) is 5.28. The van der Waals surface area contributed by atoms with Crippen LogP contribution in [-0.2, 0) is 6.54 Å². The Morgan fingerprint density at radius 2 is 1.79 bits per heavy atom. The summed E-state index contributed by atoms with van der Waals surface area (Å²) in [5, 5.41) is 17.0. The Kier molecular flexibility index (Phi) is 8.24. The van der Waals surface area contributed by atoms with Crippen LogP contribution in [0.15, 0.2) is 35.0 Å². The molecule has 2 unspecified atom stereocenters. The molecule has 186 valence electrons. The SMILES string of the molecule is OC1(CC2CCN(CC3CN(Cc4ccc(Cl)cc4Cl)CC3c3ccsc3)CC2)CCCCC1. The topological polar surface area (TPSA) is 26.7 Å². The number of hydrogen-bond acceptors (Lipinski definition) is 4. The van der Waals surface area contributed by atoms with Gasteiger partial charge in [0.15, 0.2) is 0 Å². The molecule has 3 nitrogen and oxygen atoms in total. The van der Waals surface area contributed by atoms with E-state index in [1.165, 1.54) is 57.3 Å². The van der Waals surface area contributed by atoms with Crippen LogP contribution >= 0.6 is 34.5 Å². The average molecular weight is 522 g/mol. The summed E-state index contributed by atoms with van der Waals surface area (Å²) >= 11 is 14.4. The number of rotatable bonds is 7. The van der Waals surface area contributed by atoms with Crippen LogP contribution in [-0.4, -0.2) is 53.2 Å². The van der Waals surface area contributed by atoms with Crippen molar-refractivity contribution in [3.05, 3.63) is 56.2 Å². The van der Waals surface area contributed by atoms with E-state index in [0.29, 0.717) is 22.8 Å². The second-order valence-electron chi connectivity index (χ2n) is 11.1. The zero-order valence-corrected chi connectivity index (χ0v) is 22.4. The first-order chi connectivity index (χ1) is 16.5. The maximum absolute atomic E-state index is 11.0. The molecule has 2 atom stereocenters. The highest BCUT2D eigenvalue weighted by Crippen LogP contribution is 2.39. The van der Waals surface area contributed by atoms with E-state index in [1.54, 1.807) is 0 Å². The van der Waals surface area contributed by atoms with Crippen molar-refractivity contribution in [2.75, 3.05) is 32.7 Å². The van der Waals surface area contributed by atoms with Gasteiger partial charge in [0.1, 0.15) is 0 Å². The fourth-order valence-corrected chi connectivity index (χ4v) is 7.88. The molecular formula is C28H38Cl2N2OS. The van der Waals surface area contributed by atoms with Gasteiger partial charge < -0.3 is 10.0 Å². The highest BCUT2D eigenvalue weighted by atomic mass is 35.5. The minimum atomic E-state index is -0.371. The van der Waals surface area contributed by atoms with Crippen molar-refractivity contribution >= 4 is 34.5 Å². The quantitative estimate of drug-likeness (QED) is 0.422. The molecule has 3 fully saturated rings. The lowest BCUT2D eigenvalue weighted by molar-refractivity contribution is -0.0258. The van der Waals surface area contributed by atoms with E-state index in [-0.39, 0.29) is 5.60 Å². The molecule has 0 spiro atoms. The van der Waals surface area contributed by atoms with Crippen LogP contribution in [0.5, 0.6) is 0 Å². The molecule has 5 rings (SSSR count). The first kappa shape index (κ1) is 25.0. The Bertz CT molecular complexity index is 922. The third-order valence-electron chi connectivity index (χ3n) is 8.55. The van der Waals surface area contributed by atoms with Gasteiger partial charge in [-0.05, 0) is 97.1 Å². The Morgan fingerprint density at radius 3 is 2.50 bits per heavy atom. The molecule has 34 heavy (non-hydrogen) atoms. The second-order valence-corrected chi connectivity index (χ2v) is 12.7. The van der Waals surface area contributed by atoms with Crippen molar-refractivity contribution in [3.63, 3.8) is 0 Å². The summed E-state index contributed by atoms with van der Waals surface area (Å²) in [5.74, 6) is 1.91. The van der Waals surface area contributed by atoms with Crippen molar-refractivity contribution in [3.8, 4) is 0 Å². The van der Waals surface area contributed by atoms with Gasteiger partial charge in [-0.25, -0.2) is 0 Å². The van der Waals surface area contributed by atoms with Crippen LogP contribution in [0.3, 0.4) is 0 Å². The van der Waals surface area contributed by atoms with E-state index >= 15 is 0 Å². The average Bonchev–Trinajstić information content (AvgIpc) is 3.47. The zero-order valence-electron chi connectivity index (χ0n) is 20.1. The minimum absolute atomic E-state index is 0.371. The van der Waals surface area contributed by atoms with Gasteiger partial charge in [0.25, 0.3) is 0 Å². The zero-order chi connectivity index (χ0) is 23.5. The first-order valence-corrected chi connectivity index (χ1v) is 14.8. The monoisotopic (exact) mass is 520 g/mol. The summed E-state index contributed by atoms with van der Waals surface area (Å²) in [6.45, 7) is 6.60. The standard InChI is InChI=1S/C28H38Cl2N2OS/c29-25-5-4-22(27(30)14-25)16-32-18-24(26(19-32)23-8-13-34-20-23)17-31-11-6-21(7-12-31)15-28(33)9-2-1-3-10-28/h4-5,8,13-14,20-21,24,26,33H,1-3,6-7,9-12,15-19H2. The minimum Gasteiger partial charge on any atom is -0.390 e. The number of thiophene rings is 1. The number of aliphatic hydroxyl groups is 1. The van der Waals surface area contributed by atoms with Gasteiger partial charge in [-0.1, -0.05) is 48.5 Å². The third kappa shape index (κ3) is 6.19. The molecule has 1 aromatic heterocycles. The first-order valence-electron chi connectivity index (χ1n) is 13.1. The molecule has 1 N–H and O–H groups in total. The normalized spacial score (nSPS) is 26.8. The molecule has 1 saturated carbocycles. The second kappa shape index (κ2) is 11.2. The van der Waals surface area contributed by atoms with Crippen molar-refractivity contribution in [2.45, 2.75) is 69.4 Å². The molecule has 1 aliphatic carbocycles. The van der Waals surface area contributed by atoms with Crippen LogP contribution in [0.4, 0.5) is 0 Å². The van der Waals surface area contributed by atoms with Gasteiger partial charge in [0, 0.05) is 42.1 Å². The van der Waals surface area contributed by atoms with Gasteiger partial charge in [0.2, 0.25) is 0 Å². The van der Waals surface area contributed by atoms with Gasteiger partial charge in [-0.15, -0.1) is 0 Å². The van der Waals surface area contributed by atoms with E-state index in [1.807, 2.05) is 23.5 Å². The Morgan fingerprint density at radius 1 is 1.00 bits per heavy atom. The summed E-state index contributed by atoms with van der Waals surface area (Å²) in [6, 6.07) is 8.19. The lowest BCUT2D eigenvalue weighted by Crippen LogP contribution is -2.41. The fourth-order valence-electron chi connectivity index (χ4n) is 6.69. The maximum atomic E-state index is 11.0. The van der Waals surface area contributed by atoms with Crippen LogP contribution in [0.2, 0.25) is 10.0 Å². The Balaban J connectivity index is 1.18. The fraction of sp³-hybridized carbons (Fsp3) is 0.643. The van der Waals surface area contributed by atoms with Crippen LogP contribution in [0.25, 0.3) is 0 Å². The molecule has 2 aliphatic heterocycles. The van der Waals surface area contributed by atoms with Gasteiger partial charge in [-0.2, -0.15) is 11.3 Å². The molecule has 0 amide bonds. The number of halogens is 2. The lowest BCUT2D eigenvalue weighted by atomic mass is 9.76. The number of benzene rings is 1. The summed E-state index contributed by atoms with van der Waals surface area (Å²) in [5.41, 5.74) is 2.29. The molecular weight excluding hydrogens is 483 g/mol. The van der Waals surface area contributed by atoms with E-state index in [2.05, 4.69) is 32.7 Å². The molecule has 6 heteroatoms. The van der Waals surface area contributed by atoms with Crippen molar-refractivity contribution < 1.29 is 5.11 Å². The third-order valence-corrected chi connectivity index (χ3v) is 9.84. The summed E-state index contributed by atoms with van der Waals surface area (Å²) in [6.07, 6.45) is 9.25. The van der Waals surface area contributed by atoms with Crippen LogP contribution in [0.1, 0.15) is 68.4 Å². The number of likely N-dealkylation sites (tertiary alicyclic amines) is 2. The van der Waals surface area contributed by atoms with E-state index in [4.69, 9.17) is 23.2 Å². The highest BCUT2D eigenvalue weighted by molar-refractivity contribution is 7.08. The van der Waals surface area contributed by atoms with Crippen molar-refractivity contribution in [1.29, 1.82) is 0 Å². The van der Waals surface area contributed by atoms with Crippen molar-refractivity contribution in [1.82, 2.24) is 9.80 Å². The largest absolute Gasteiger partial charge is 0.390 e. The molecule has 2 aromatic rings. The molecule has 1 aromatic carbocycles. The van der Waals surface area contributed by atoms with Crippen molar-refractivity contribution in [2.24, 2.45) is 11.8 Å². The molecule has 0 radical (unpaired) electrons. The van der Waals surface area contributed by atoms with Gasteiger partial charge in [-0.3, -0.25) is 4.90 Å². The highest BCUT2D eigenvalue weighted by Gasteiger charge is 2.37. The number of nitrogens with zero attached hydrogens (tertiary/aromatic N) is 2. The number of hydrogen-bond donors (Lipinski definition) is 1. The lowest BCUT2D eigenvalue weighted by Gasteiger charge is -2.39. The van der Waals surface area contributed by atoms with Gasteiger partial charge >= 0.3 is 0 Å². The Labute approximate surface area is 219 Å². The maximum Gasteiger partial charge on any atom is 0.0650 e. The predicted octanol–water partition coefficient (Wildman–Crippen LogP) is 7.07. The van der Waals surface area contributed by atoms with E-state index in [0.717, 1.165) is 49.5 Å². The van der Waals surface area contributed by atoms with E-state index < -0.39 is 0 Å². The molecule has 2 saturated heterocycles. The molecule has 0 bridgehead atoms. The predicted molar refractivity (Wildman–Crippen MR) is 144 cm³/mol. The Hall–Kier alpha value is -0.620. The smallest absolute Gasteiger partial charge is 0.0650 e. The molecule has 3 heterocycles. The number of piperidine rings is 1.